The molecule has 1 aliphatic rings. The minimum Gasteiger partial charge on any atom is -0.486 e. The second kappa shape index (κ2) is 16.4. The highest BCUT2D eigenvalue weighted by Gasteiger charge is 2.35. The van der Waals surface area contributed by atoms with Crippen molar-refractivity contribution in [1.82, 2.24) is 9.80 Å². The van der Waals surface area contributed by atoms with Gasteiger partial charge in [-0.1, -0.05) is 79.7 Å². The van der Waals surface area contributed by atoms with Gasteiger partial charge in [-0.15, -0.1) is 0 Å². The van der Waals surface area contributed by atoms with Gasteiger partial charge in [0.1, 0.15) is 6.10 Å². The van der Waals surface area contributed by atoms with Crippen LogP contribution in [-0.2, 0) is 36.8 Å². The standard InChI is InChI=1S/C40H44F3N3O4/c1-27-23-46(28(2)26-47)39(49)34-10-7-11-35(44-37(48)22-31-18-20-33(21-19-31)40(41,42)43)38(34)50-36(27)25-45(3)24-32-16-14-30(15-17-32)13-12-29-8-5-4-6-9-29/h4-11,14-21,27-28,36,47H,12-13,22-26H2,1-3H3,(H,44,48)/t27-,28?,36-/m1/s1. The number of hydrogen-bond acceptors (Lipinski definition) is 5. The first-order chi connectivity index (χ1) is 23.9. The molecule has 1 aliphatic heterocycles. The highest BCUT2D eigenvalue weighted by Crippen LogP contribution is 2.35. The summed E-state index contributed by atoms with van der Waals surface area (Å²) in [4.78, 5) is 30.8. The van der Waals surface area contributed by atoms with Crippen molar-refractivity contribution in [2.75, 3.05) is 32.1 Å². The fourth-order valence-electron chi connectivity index (χ4n) is 6.18. The van der Waals surface area contributed by atoms with Crippen LogP contribution in [0, 0.1) is 5.92 Å². The molecule has 5 rings (SSSR count). The molecule has 4 aromatic rings. The van der Waals surface area contributed by atoms with Crippen molar-refractivity contribution >= 4 is 17.5 Å². The molecule has 50 heavy (non-hydrogen) atoms. The maximum atomic E-state index is 13.8. The third-order valence-corrected chi connectivity index (χ3v) is 9.12. The van der Waals surface area contributed by atoms with E-state index in [0.717, 1.165) is 30.5 Å². The van der Waals surface area contributed by atoms with Crippen molar-refractivity contribution in [3.8, 4) is 5.75 Å². The van der Waals surface area contributed by atoms with Crippen LogP contribution in [0.1, 0.15) is 52.0 Å². The summed E-state index contributed by atoms with van der Waals surface area (Å²) in [6.45, 7) is 5.11. The average molecular weight is 688 g/mol. The summed E-state index contributed by atoms with van der Waals surface area (Å²) in [5.41, 5.74) is 3.88. The zero-order valence-corrected chi connectivity index (χ0v) is 28.6. The van der Waals surface area contributed by atoms with E-state index in [2.05, 4.69) is 58.7 Å². The summed E-state index contributed by atoms with van der Waals surface area (Å²) < 4.78 is 45.7. The average Bonchev–Trinajstić information content (AvgIpc) is 3.09. The van der Waals surface area contributed by atoms with E-state index >= 15 is 0 Å². The van der Waals surface area contributed by atoms with E-state index < -0.39 is 29.8 Å². The lowest BCUT2D eigenvalue weighted by atomic mass is 9.98. The second-order valence-electron chi connectivity index (χ2n) is 13.2. The normalized spacial score (nSPS) is 17.0. The smallest absolute Gasteiger partial charge is 0.416 e. The van der Waals surface area contributed by atoms with Crippen molar-refractivity contribution < 1.29 is 32.6 Å². The lowest BCUT2D eigenvalue weighted by Gasteiger charge is -2.38. The molecule has 4 aromatic carbocycles. The van der Waals surface area contributed by atoms with Crippen LogP contribution in [0.4, 0.5) is 18.9 Å². The molecule has 1 heterocycles. The van der Waals surface area contributed by atoms with Crippen molar-refractivity contribution in [2.24, 2.45) is 5.92 Å². The number of nitrogens with zero attached hydrogens (tertiary/aromatic N) is 2. The number of benzene rings is 4. The van der Waals surface area contributed by atoms with Gasteiger partial charge >= 0.3 is 6.18 Å². The molecule has 0 aliphatic carbocycles. The van der Waals surface area contributed by atoms with E-state index in [9.17, 15) is 27.9 Å². The number of halogens is 3. The van der Waals surface area contributed by atoms with Crippen LogP contribution in [0.15, 0.2) is 97.1 Å². The summed E-state index contributed by atoms with van der Waals surface area (Å²) in [6, 6.07) is 27.9. The van der Waals surface area contributed by atoms with Gasteiger partial charge in [0.25, 0.3) is 5.91 Å². The van der Waals surface area contributed by atoms with Crippen LogP contribution in [0.25, 0.3) is 0 Å². The first-order valence-corrected chi connectivity index (χ1v) is 16.9. The highest BCUT2D eigenvalue weighted by molar-refractivity contribution is 6.02. The van der Waals surface area contributed by atoms with Crippen LogP contribution in [0.3, 0.4) is 0 Å². The van der Waals surface area contributed by atoms with E-state index in [-0.39, 0.29) is 41.9 Å². The van der Waals surface area contributed by atoms with Gasteiger partial charge < -0.3 is 20.1 Å². The summed E-state index contributed by atoms with van der Waals surface area (Å²) in [6.07, 6.45) is -3.10. The quantitative estimate of drug-likeness (QED) is 0.167. The Morgan fingerprint density at radius 3 is 2.18 bits per heavy atom. The SMILES string of the molecule is CC(CO)N1C[C@@H](C)[C@@H](CN(C)Cc2ccc(CCc3ccccc3)cc2)Oc2c(NC(=O)Cc3ccc(C(F)(F)F)cc3)cccc2C1=O. The number of aryl methyl sites for hydroxylation is 2. The van der Waals surface area contributed by atoms with Gasteiger partial charge in [-0.2, -0.15) is 13.2 Å². The van der Waals surface area contributed by atoms with E-state index in [1.54, 1.807) is 30.0 Å². The number of carbonyl (C=O) groups is 2. The second-order valence-corrected chi connectivity index (χ2v) is 13.2. The van der Waals surface area contributed by atoms with E-state index in [4.69, 9.17) is 4.74 Å². The molecule has 0 fully saturated rings. The maximum absolute atomic E-state index is 13.8. The van der Waals surface area contributed by atoms with Gasteiger partial charge in [-0.3, -0.25) is 14.5 Å². The van der Waals surface area contributed by atoms with E-state index in [0.29, 0.717) is 25.2 Å². The molecule has 0 spiro atoms. The number of nitrogens with one attached hydrogen (secondary N) is 1. The Balaban J connectivity index is 1.31. The minimum atomic E-state index is -4.47. The maximum Gasteiger partial charge on any atom is 0.416 e. The van der Waals surface area contributed by atoms with Gasteiger partial charge in [0, 0.05) is 25.6 Å². The van der Waals surface area contributed by atoms with E-state index in [1.165, 1.54) is 23.3 Å². The number of rotatable bonds is 12. The topological polar surface area (TPSA) is 82.1 Å². The van der Waals surface area contributed by atoms with E-state index in [1.807, 2.05) is 20.0 Å². The van der Waals surface area contributed by atoms with Crippen LogP contribution >= 0.6 is 0 Å². The Morgan fingerprint density at radius 2 is 1.54 bits per heavy atom. The number of para-hydroxylation sites is 1. The number of fused-ring (bicyclic) bond motifs is 1. The lowest BCUT2D eigenvalue weighted by molar-refractivity contribution is -0.137. The summed E-state index contributed by atoms with van der Waals surface area (Å²) >= 11 is 0. The number of aliphatic hydroxyl groups excluding tert-OH is 1. The Morgan fingerprint density at radius 1 is 0.920 bits per heavy atom. The molecule has 0 saturated carbocycles. The van der Waals surface area contributed by atoms with Crippen LogP contribution in [0.2, 0.25) is 0 Å². The number of anilines is 1. The Labute approximate surface area is 291 Å². The predicted molar refractivity (Wildman–Crippen MR) is 188 cm³/mol. The van der Waals surface area contributed by atoms with Gasteiger partial charge in [-0.05, 0) is 73.3 Å². The first-order valence-electron chi connectivity index (χ1n) is 16.9. The molecule has 2 amide bonds. The summed E-state index contributed by atoms with van der Waals surface area (Å²) in [5.74, 6) is -0.710. The predicted octanol–water partition coefficient (Wildman–Crippen LogP) is 7.02. The zero-order chi connectivity index (χ0) is 35.8. The van der Waals surface area contributed by atoms with Gasteiger partial charge in [0.05, 0.1) is 35.9 Å². The summed E-state index contributed by atoms with van der Waals surface area (Å²) in [7, 11) is 2.01. The van der Waals surface area contributed by atoms with Crippen LogP contribution in [0.5, 0.6) is 5.75 Å². The third kappa shape index (κ3) is 9.52. The molecule has 10 heteroatoms. The fraction of sp³-hybridized carbons (Fsp3) is 0.350. The number of ether oxygens (including phenoxy) is 1. The highest BCUT2D eigenvalue weighted by atomic mass is 19.4. The number of carbonyl (C=O) groups excluding carboxylic acids is 2. The zero-order valence-electron chi connectivity index (χ0n) is 28.6. The monoisotopic (exact) mass is 687 g/mol. The molecule has 264 valence electrons. The van der Waals surface area contributed by atoms with Gasteiger partial charge in [-0.25, -0.2) is 0 Å². The molecule has 3 atom stereocenters. The molecule has 7 nitrogen and oxygen atoms in total. The van der Waals surface area contributed by atoms with Crippen molar-refractivity contribution in [2.45, 2.75) is 58.0 Å². The molecule has 0 aromatic heterocycles. The van der Waals surface area contributed by atoms with Crippen molar-refractivity contribution in [1.29, 1.82) is 0 Å². The van der Waals surface area contributed by atoms with Crippen LogP contribution in [-0.4, -0.2) is 65.6 Å². The first kappa shape index (κ1) is 36.6. The number of aliphatic hydroxyl groups is 1. The Hall–Kier alpha value is -4.67. The molecule has 0 saturated heterocycles. The largest absolute Gasteiger partial charge is 0.486 e. The molecular weight excluding hydrogens is 643 g/mol. The number of amides is 2. The fourth-order valence-corrected chi connectivity index (χ4v) is 6.18. The molecular formula is C40H44F3N3O4. The molecule has 0 bridgehead atoms. The van der Waals surface area contributed by atoms with Crippen molar-refractivity contribution in [3.05, 3.63) is 130 Å². The van der Waals surface area contributed by atoms with Crippen molar-refractivity contribution in [3.63, 3.8) is 0 Å². The number of hydrogen-bond donors (Lipinski definition) is 2. The molecule has 2 N–H and O–H groups in total. The Kier molecular flexibility index (Phi) is 12.0. The number of alkyl halides is 3. The number of likely N-dealkylation sites (N-methyl/N-ethyl adjacent to an activating group) is 1. The van der Waals surface area contributed by atoms with Crippen LogP contribution < -0.4 is 10.1 Å². The molecule has 1 unspecified atom stereocenters. The summed E-state index contributed by atoms with van der Waals surface area (Å²) in [5, 5.41) is 12.8. The Bertz CT molecular complexity index is 1730. The lowest BCUT2D eigenvalue weighted by Crippen LogP contribution is -2.49. The van der Waals surface area contributed by atoms with Gasteiger partial charge in [0.15, 0.2) is 5.75 Å². The van der Waals surface area contributed by atoms with Gasteiger partial charge in [0.2, 0.25) is 5.91 Å². The minimum absolute atomic E-state index is 0.139. The molecule has 0 radical (unpaired) electrons. The third-order valence-electron chi connectivity index (χ3n) is 9.12.